The number of aromatic amines is 1. The summed E-state index contributed by atoms with van der Waals surface area (Å²) in [6.07, 6.45) is 1.58. The highest BCUT2D eigenvalue weighted by Crippen LogP contribution is 2.25. The fourth-order valence-corrected chi connectivity index (χ4v) is 1.73. The molecule has 1 aromatic carbocycles. The van der Waals surface area contributed by atoms with Gasteiger partial charge in [0.05, 0.1) is 5.52 Å². The minimum atomic E-state index is -0.540. The van der Waals surface area contributed by atoms with Crippen molar-refractivity contribution in [1.82, 2.24) is 15.2 Å². The Labute approximate surface area is 96.3 Å². The van der Waals surface area contributed by atoms with Gasteiger partial charge >= 0.3 is 0 Å². The van der Waals surface area contributed by atoms with Gasteiger partial charge in [-0.3, -0.25) is 10.1 Å². The molecule has 84 valence electrons. The highest BCUT2D eigenvalue weighted by molar-refractivity contribution is 5.83. The van der Waals surface area contributed by atoms with Gasteiger partial charge in [0.1, 0.15) is 5.69 Å². The number of nitrogen functional groups attached to an aromatic ring is 1. The SMILES string of the molecule is Nc1[nH]nc(-c2cnc3ccccc3c2)c1F. The van der Waals surface area contributed by atoms with Crippen molar-refractivity contribution in [3.8, 4) is 11.3 Å². The first kappa shape index (κ1) is 9.77. The van der Waals surface area contributed by atoms with E-state index in [1.807, 2.05) is 30.3 Å². The maximum Gasteiger partial charge on any atom is 0.192 e. The van der Waals surface area contributed by atoms with Crippen molar-refractivity contribution in [3.05, 3.63) is 42.3 Å². The molecule has 0 atom stereocenters. The molecule has 5 heteroatoms. The van der Waals surface area contributed by atoms with Crippen LogP contribution in [0, 0.1) is 5.82 Å². The summed E-state index contributed by atoms with van der Waals surface area (Å²) in [5, 5.41) is 7.17. The van der Waals surface area contributed by atoms with Crippen LogP contribution >= 0.6 is 0 Å². The zero-order valence-electron chi connectivity index (χ0n) is 8.81. The number of H-pyrrole nitrogens is 1. The lowest BCUT2D eigenvalue weighted by atomic mass is 10.1. The Kier molecular flexibility index (Phi) is 2.04. The second kappa shape index (κ2) is 3.55. The minimum absolute atomic E-state index is 0.0619. The normalized spacial score (nSPS) is 10.9. The zero-order chi connectivity index (χ0) is 11.8. The average molecular weight is 228 g/mol. The standard InChI is InChI=1S/C12H9FN4/c13-10-11(16-17-12(10)14)8-5-7-3-1-2-4-9(7)15-6-8/h1-6H,(H3,14,16,17). The van der Waals surface area contributed by atoms with Gasteiger partial charge in [0, 0.05) is 17.1 Å². The first-order valence-electron chi connectivity index (χ1n) is 5.10. The number of nitrogens with two attached hydrogens (primary N) is 1. The first-order valence-corrected chi connectivity index (χ1v) is 5.10. The van der Waals surface area contributed by atoms with E-state index in [2.05, 4.69) is 15.2 Å². The Bertz CT molecular complexity index is 690. The molecule has 0 aliphatic carbocycles. The maximum atomic E-state index is 13.6. The van der Waals surface area contributed by atoms with E-state index in [1.165, 1.54) is 0 Å². The Hall–Kier alpha value is -2.43. The summed E-state index contributed by atoms with van der Waals surface area (Å²) < 4.78 is 13.6. The number of aromatic nitrogens is 3. The number of rotatable bonds is 1. The van der Waals surface area contributed by atoms with Crippen molar-refractivity contribution in [1.29, 1.82) is 0 Å². The molecule has 17 heavy (non-hydrogen) atoms. The third-order valence-corrected chi connectivity index (χ3v) is 2.60. The fraction of sp³-hybridized carbons (Fsp3) is 0. The van der Waals surface area contributed by atoms with Crippen molar-refractivity contribution in [3.63, 3.8) is 0 Å². The highest BCUT2D eigenvalue weighted by Gasteiger charge is 2.13. The number of nitrogens with zero attached hydrogens (tertiary/aromatic N) is 2. The molecule has 3 N–H and O–H groups in total. The summed E-state index contributed by atoms with van der Waals surface area (Å²) in [5.41, 5.74) is 7.04. The number of nitrogens with one attached hydrogen (secondary N) is 1. The molecular formula is C12H9FN4. The van der Waals surface area contributed by atoms with E-state index in [0.717, 1.165) is 10.9 Å². The van der Waals surface area contributed by atoms with Crippen LogP contribution in [0.3, 0.4) is 0 Å². The monoisotopic (exact) mass is 228 g/mol. The molecule has 0 unspecified atom stereocenters. The number of halogens is 1. The second-order valence-corrected chi connectivity index (χ2v) is 3.72. The Balaban J connectivity index is 2.21. The summed E-state index contributed by atoms with van der Waals surface area (Å²) in [4.78, 5) is 4.25. The molecule has 0 aliphatic rings. The molecule has 4 nitrogen and oxygen atoms in total. The van der Waals surface area contributed by atoms with E-state index < -0.39 is 5.82 Å². The van der Waals surface area contributed by atoms with Gasteiger partial charge in [-0.1, -0.05) is 18.2 Å². The predicted octanol–water partition coefficient (Wildman–Crippen LogP) is 2.35. The summed E-state index contributed by atoms with van der Waals surface area (Å²) in [7, 11) is 0. The van der Waals surface area contributed by atoms with Gasteiger partial charge in [0.2, 0.25) is 0 Å². The molecule has 0 bridgehead atoms. The molecule has 0 amide bonds. The molecule has 0 aliphatic heterocycles. The largest absolute Gasteiger partial charge is 0.382 e. The van der Waals surface area contributed by atoms with E-state index in [-0.39, 0.29) is 11.5 Å². The van der Waals surface area contributed by atoms with Crippen LogP contribution in [0.5, 0.6) is 0 Å². The van der Waals surface area contributed by atoms with Crippen molar-refractivity contribution in [2.45, 2.75) is 0 Å². The van der Waals surface area contributed by atoms with Gasteiger partial charge in [-0.25, -0.2) is 4.39 Å². The second-order valence-electron chi connectivity index (χ2n) is 3.72. The van der Waals surface area contributed by atoms with Crippen LogP contribution in [0.4, 0.5) is 10.2 Å². The van der Waals surface area contributed by atoms with Gasteiger partial charge in [-0.05, 0) is 12.1 Å². The van der Waals surface area contributed by atoms with Gasteiger partial charge in [-0.15, -0.1) is 0 Å². The lowest BCUT2D eigenvalue weighted by Gasteiger charge is -2.00. The van der Waals surface area contributed by atoms with Crippen LogP contribution in [0.1, 0.15) is 0 Å². The van der Waals surface area contributed by atoms with E-state index >= 15 is 0 Å². The van der Waals surface area contributed by atoms with Crippen LogP contribution in [0.2, 0.25) is 0 Å². The Morgan fingerprint density at radius 2 is 2.06 bits per heavy atom. The summed E-state index contributed by atoms with van der Waals surface area (Å²) in [6, 6.07) is 9.46. The van der Waals surface area contributed by atoms with E-state index in [4.69, 9.17) is 5.73 Å². The third kappa shape index (κ3) is 1.52. The van der Waals surface area contributed by atoms with E-state index in [9.17, 15) is 4.39 Å². The zero-order valence-corrected chi connectivity index (χ0v) is 8.81. The van der Waals surface area contributed by atoms with Gasteiger partial charge in [0.15, 0.2) is 11.6 Å². The van der Waals surface area contributed by atoms with Crippen LogP contribution in [-0.2, 0) is 0 Å². The first-order chi connectivity index (χ1) is 8.25. The number of hydrogen-bond donors (Lipinski definition) is 2. The number of para-hydroxylation sites is 1. The van der Waals surface area contributed by atoms with Crippen molar-refractivity contribution >= 4 is 16.7 Å². The number of pyridine rings is 1. The lowest BCUT2D eigenvalue weighted by molar-refractivity contribution is 0.636. The summed E-state index contributed by atoms with van der Waals surface area (Å²) in [6.45, 7) is 0. The fourth-order valence-electron chi connectivity index (χ4n) is 1.73. The van der Waals surface area contributed by atoms with E-state index in [0.29, 0.717) is 5.56 Å². The molecule has 3 rings (SSSR count). The quantitative estimate of drug-likeness (QED) is 0.671. The number of fused-ring (bicyclic) bond motifs is 1. The molecule has 2 heterocycles. The predicted molar refractivity (Wildman–Crippen MR) is 63.7 cm³/mol. The van der Waals surface area contributed by atoms with Crippen molar-refractivity contribution in [2.75, 3.05) is 5.73 Å². The average Bonchev–Trinajstić information content (AvgIpc) is 2.70. The lowest BCUT2D eigenvalue weighted by Crippen LogP contribution is -1.88. The van der Waals surface area contributed by atoms with Crippen molar-refractivity contribution in [2.24, 2.45) is 0 Å². The van der Waals surface area contributed by atoms with Gasteiger partial charge in [0.25, 0.3) is 0 Å². The van der Waals surface area contributed by atoms with Crippen LogP contribution in [0.15, 0.2) is 36.5 Å². The van der Waals surface area contributed by atoms with E-state index in [1.54, 1.807) is 6.20 Å². The molecule has 0 saturated carbocycles. The maximum absolute atomic E-state index is 13.6. The van der Waals surface area contributed by atoms with Crippen molar-refractivity contribution < 1.29 is 4.39 Å². The molecule has 0 saturated heterocycles. The van der Waals surface area contributed by atoms with Crippen LogP contribution < -0.4 is 5.73 Å². The minimum Gasteiger partial charge on any atom is -0.382 e. The smallest absolute Gasteiger partial charge is 0.192 e. The summed E-state index contributed by atoms with van der Waals surface area (Å²) in [5.74, 6) is -0.602. The van der Waals surface area contributed by atoms with Gasteiger partial charge < -0.3 is 5.73 Å². The van der Waals surface area contributed by atoms with Crippen LogP contribution in [-0.4, -0.2) is 15.2 Å². The highest BCUT2D eigenvalue weighted by atomic mass is 19.1. The number of anilines is 1. The number of benzene rings is 1. The molecule has 0 radical (unpaired) electrons. The molecule has 0 fully saturated rings. The molecule has 3 aromatic rings. The molecule has 2 aromatic heterocycles. The third-order valence-electron chi connectivity index (χ3n) is 2.60. The number of hydrogen-bond acceptors (Lipinski definition) is 3. The Morgan fingerprint density at radius 1 is 1.24 bits per heavy atom. The topological polar surface area (TPSA) is 67.6 Å². The molecular weight excluding hydrogens is 219 g/mol. The van der Waals surface area contributed by atoms with Crippen LogP contribution in [0.25, 0.3) is 22.2 Å². The summed E-state index contributed by atoms with van der Waals surface area (Å²) >= 11 is 0. The molecule has 0 spiro atoms. The Morgan fingerprint density at radius 3 is 2.82 bits per heavy atom. The van der Waals surface area contributed by atoms with Gasteiger partial charge in [-0.2, -0.15) is 5.10 Å².